The van der Waals surface area contributed by atoms with E-state index in [2.05, 4.69) is 9.50 Å². The summed E-state index contributed by atoms with van der Waals surface area (Å²) in [4.78, 5) is 11.1. The highest BCUT2D eigenvalue weighted by Gasteiger charge is 2.21. The van der Waals surface area contributed by atoms with Gasteiger partial charge in [-0.05, 0) is 23.8 Å². The minimum absolute atomic E-state index is 0.0697. The van der Waals surface area contributed by atoms with Gasteiger partial charge in [0.15, 0.2) is 0 Å². The fraction of sp³-hybridized carbons (Fsp3) is 0.222. The highest BCUT2D eigenvalue weighted by molar-refractivity contribution is 7.86. The Morgan fingerprint density at radius 1 is 1.40 bits per heavy atom. The smallest absolute Gasteiger partial charge is 0.296 e. The number of anilines is 1. The van der Waals surface area contributed by atoms with Crippen molar-refractivity contribution in [3.8, 4) is 0 Å². The molecule has 1 aliphatic rings. The van der Waals surface area contributed by atoms with Crippen molar-refractivity contribution in [3.63, 3.8) is 0 Å². The van der Waals surface area contributed by atoms with Crippen LogP contribution in [0, 0.1) is 0 Å². The van der Waals surface area contributed by atoms with Crippen molar-refractivity contribution in [1.29, 1.82) is 0 Å². The van der Waals surface area contributed by atoms with Crippen LogP contribution in [0.5, 0.6) is 0 Å². The summed E-state index contributed by atoms with van der Waals surface area (Å²) in [6.07, 6.45) is 0.211. The van der Waals surface area contributed by atoms with Gasteiger partial charge in [0, 0.05) is 5.69 Å². The highest BCUT2D eigenvalue weighted by Crippen LogP contribution is 2.26. The molecule has 0 atom stereocenters. The molecule has 1 aromatic rings. The summed E-state index contributed by atoms with van der Waals surface area (Å²) in [5, 5.41) is 2.62. The van der Waals surface area contributed by atoms with Gasteiger partial charge in [-0.25, -0.2) is 0 Å². The van der Waals surface area contributed by atoms with Crippen LogP contribution in [0.3, 0.4) is 0 Å². The molecule has 0 aromatic heterocycles. The fourth-order valence-corrected chi connectivity index (χ4v) is 2.17. The first-order valence-corrected chi connectivity index (χ1v) is 5.67. The second-order valence-electron chi connectivity index (χ2n) is 3.16. The Hall–Kier alpha value is -1.40. The molecule has 80 valence electrons. The Bertz CT molecular complexity index is 521. The van der Waals surface area contributed by atoms with Crippen molar-refractivity contribution in [2.45, 2.75) is 11.3 Å². The number of hydrogen-bond donors (Lipinski definition) is 1. The normalized spacial score (nSPS) is 14.9. The van der Waals surface area contributed by atoms with Crippen LogP contribution in [-0.2, 0) is 25.5 Å². The Morgan fingerprint density at radius 3 is 2.80 bits per heavy atom. The van der Waals surface area contributed by atoms with E-state index in [4.69, 9.17) is 0 Å². The number of amides is 1. The summed E-state index contributed by atoms with van der Waals surface area (Å²) in [5.74, 6) is -0.128. The van der Waals surface area contributed by atoms with Crippen LogP contribution in [-0.4, -0.2) is 21.4 Å². The lowest BCUT2D eigenvalue weighted by atomic mass is 10.2. The van der Waals surface area contributed by atoms with Gasteiger partial charge in [0.25, 0.3) is 10.1 Å². The predicted molar refractivity (Wildman–Crippen MR) is 53.0 cm³/mol. The SMILES string of the molecule is COS(=O)(=O)c1ccc2c(c1)CC(=O)N2. The molecule has 15 heavy (non-hydrogen) atoms. The second kappa shape index (κ2) is 3.32. The Labute approximate surface area is 87.2 Å². The molecular weight excluding hydrogens is 218 g/mol. The molecule has 5 nitrogen and oxygen atoms in total. The second-order valence-corrected chi connectivity index (χ2v) is 4.88. The summed E-state index contributed by atoms with van der Waals surface area (Å²) >= 11 is 0. The number of nitrogens with one attached hydrogen (secondary N) is 1. The maximum atomic E-state index is 11.4. The lowest BCUT2D eigenvalue weighted by Gasteiger charge is -2.03. The standard InChI is InChI=1S/C9H9NO4S/c1-14-15(12,13)7-2-3-8-6(4-7)5-9(11)10-8/h2-4H,5H2,1H3,(H,10,11). The molecule has 0 saturated heterocycles. The van der Waals surface area contributed by atoms with Crippen LogP contribution >= 0.6 is 0 Å². The lowest BCUT2D eigenvalue weighted by molar-refractivity contribution is -0.115. The third kappa shape index (κ3) is 1.73. The average molecular weight is 227 g/mol. The van der Waals surface area contributed by atoms with Crippen LogP contribution in [0.1, 0.15) is 5.56 Å². The van der Waals surface area contributed by atoms with E-state index in [0.717, 1.165) is 7.11 Å². The quantitative estimate of drug-likeness (QED) is 0.747. The predicted octanol–water partition coefficient (Wildman–Crippen LogP) is 0.516. The van der Waals surface area contributed by atoms with Gasteiger partial charge in [0.1, 0.15) is 0 Å². The third-order valence-corrected chi connectivity index (χ3v) is 3.48. The molecule has 1 heterocycles. The number of fused-ring (bicyclic) bond motifs is 1. The summed E-state index contributed by atoms with van der Waals surface area (Å²) in [6, 6.07) is 4.42. The van der Waals surface area contributed by atoms with Gasteiger partial charge in [0.2, 0.25) is 5.91 Å². The summed E-state index contributed by atoms with van der Waals surface area (Å²) < 4.78 is 27.1. The van der Waals surface area contributed by atoms with Gasteiger partial charge in [-0.1, -0.05) is 0 Å². The molecule has 0 fully saturated rings. The first kappa shape index (κ1) is 10.1. The monoisotopic (exact) mass is 227 g/mol. The molecule has 0 bridgehead atoms. The summed E-state index contributed by atoms with van der Waals surface area (Å²) in [6.45, 7) is 0. The number of hydrogen-bond acceptors (Lipinski definition) is 4. The van der Waals surface area contributed by atoms with E-state index in [1.165, 1.54) is 12.1 Å². The van der Waals surface area contributed by atoms with Crippen molar-refractivity contribution in [3.05, 3.63) is 23.8 Å². The zero-order valence-electron chi connectivity index (χ0n) is 7.98. The molecule has 0 radical (unpaired) electrons. The van der Waals surface area contributed by atoms with E-state index in [1.54, 1.807) is 6.07 Å². The van der Waals surface area contributed by atoms with Gasteiger partial charge in [-0.15, -0.1) is 0 Å². The van der Waals surface area contributed by atoms with Gasteiger partial charge in [0.05, 0.1) is 18.4 Å². The molecule has 0 aliphatic carbocycles. The van der Waals surface area contributed by atoms with Crippen LogP contribution in [0.15, 0.2) is 23.1 Å². The fourth-order valence-electron chi connectivity index (χ4n) is 1.46. The van der Waals surface area contributed by atoms with Crippen LogP contribution < -0.4 is 5.32 Å². The lowest BCUT2D eigenvalue weighted by Crippen LogP contribution is -2.03. The largest absolute Gasteiger partial charge is 0.326 e. The first-order valence-electron chi connectivity index (χ1n) is 4.26. The van der Waals surface area contributed by atoms with E-state index in [-0.39, 0.29) is 17.2 Å². The highest BCUT2D eigenvalue weighted by atomic mass is 32.2. The summed E-state index contributed by atoms with van der Waals surface area (Å²) in [7, 11) is -2.57. The van der Waals surface area contributed by atoms with Gasteiger partial charge >= 0.3 is 0 Å². The van der Waals surface area contributed by atoms with Crippen molar-refractivity contribution < 1.29 is 17.4 Å². The molecule has 2 rings (SSSR count). The van der Waals surface area contributed by atoms with Gasteiger partial charge in [-0.2, -0.15) is 8.42 Å². The minimum atomic E-state index is -3.68. The number of carbonyl (C=O) groups excluding carboxylic acids is 1. The number of carbonyl (C=O) groups is 1. The average Bonchev–Trinajstić information content (AvgIpc) is 2.56. The molecular formula is C9H9NO4S. The molecule has 0 saturated carbocycles. The van der Waals surface area contributed by atoms with E-state index in [0.29, 0.717) is 11.3 Å². The van der Waals surface area contributed by atoms with Crippen LogP contribution in [0.2, 0.25) is 0 Å². The molecule has 0 spiro atoms. The summed E-state index contributed by atoms with van der Waals surface area (Å²) in [5.41, 5.74) is 1.34. The Kier molecular flexibility index (Phi) is 2.24. The zero-order valence-corrected chi connectivity index (χ0v) is 8.80. The van der Waals surface area contributed by atoms with Crippen molar-refractivity contribution >= 4 is 21.7 Å². The third-order valence-electron chi connectivity index (χ3n) is 2.21. The molecule has 1 aromatic carbocycles. The molecule has 0 unspecified atom stereocenters. The van der Waals surface area contributed by atoms with Crippen molar-refractivity contribution in [2.75, 3.05) is 12.4 Å². The van der Waals surface area contributed by atoms with Crippen molar-refractivity contribution in [2.24, 2.45) is 0 Å². The topological polar surface area (TPSA) is 72.5 Å². The number of rotatable bonds is 2. The van der Waals surface area contributed by atoms with Crippen LogP contribution in [0.25, 0.3) is 0 Å². The van der Waals surface area contributed by atoms with E-state index in [9.17, 15) is 13.2 Å². The maximum absolute atomic E-state index is 11.4. The van der Waals surface area contributed by atoms with E-state index in [1.807, 2.05) is 0 Å². The zero-order chi connectivity index (χ0) is 11.1. The van der Waals surface area contributed by atoms with E-state index < -0.39 is 10.1 Å². The molecule has 1 amide bonds. The van der Waals surface area contributed by atoms with Crippen molar-refractivity contribution in [1.82, 2.24) is 0 Å². The maximum Gasteiger partial charge on any atom is 0.296 e. The molecule has 1 N–H and O–H groups in total. The van der Waals surface area contributed by atoms with Gasteiger partial charge in [-0.3, -0.25) is 8.98 Å². The number of benzene rings is 1. The first-order chi connectivity index (χ1) is 7.03. The van der Waals surface area contributed by atoms with Gasteiger partial charge < -0.3 is 5.32 Å². The van der Waals surface area contributed by atoms with E-state index >= 15 is 0 Å². The Balaban J connectivity index is 2.48. The van der Waals surface area contributed by atoms with Crippen LogP contribution in [0.4, 0.5) is 5.69 Å². The minimum Gasteiger partial charge on any atom is -0.326 e. The molecule has 1 aliphatic heterocycles. The Morgan fingerprint density at radius 2 is 2.13 bits per heavy atom. The molecule has 6 heteroatoms.